The quantitative estimate of drug-likeness (QED) is 0.793. The number of ether oxygens (including phenoxy) is 2. The van der Waals surface area contributed by atoms with E-state index in [-0.39, 0.29) is 31.6 Å². The van der Waals surface area contributed by atoms with Gasteiger partial charge in [-0.1, -0.05) is 36.4 Å². The van der Waals surface area contributed by atoms with Crippen LogP contribution < -0.4 is 14.8 Å². The first-order valence-electron chi connectivity index (χ1n) is 9.26. The highest BCUT2D eigenvalue weighted by Crippen LogP contribution is 2.33. The van der Waals surface area contributed by atoms with E-state index in [0.29, 0.717) is 24.6 Å². The van der Waals surface area contributed by atoms with Crippen LogP contribution in [-0.2, 0) is 16.1 Å². The molecule has 0 bridgehead atoms. The minimum atomic E-state index is -0.480. The Morgan fingerprint density at radius 3 is 2.75 bits per heavy atom. The zero-order valence-corrected chi connectivity index (χ0v) is 15.3. The first kappa shape index (κ1) is 18.3. The predicted molar refractivity (Wildman–Crippen MR) is 101 cm³/mol. The topological polar surface area (TPSA) is 88.1 Å². The third-order valence-electron chi connectivity index (χ3n) is 5.10. The van der Waals surface area contributed by atoms with E-state index in [1.54, 1.807) is 4.90 Å². The molecular weight excluding hydrogens is 360 g/mol. The molecule has 0 unspecified atom stereocenters. The largest absolute Gasteiger partial charge is 0.454 e. The summed E-state index contributed by atoms with van der Waals surface area (Å²) in [5.74, 6) is 0.665. The van der Waals surface area contributed by atoms with Gasteiger partial charge in [0.05, 0.1) is 18.6 Å². The monoisotopic (exact) mass is 382 g/mol. The third-order valence-corrected chi connectivity index (χ3v) is 5.10. The van der Waals surface area contributed by atoms with Gasteiger partial charge in [0.2, 0.25) is 18.6 Å². The summed E-state index contributed by atoms with van der Waals surface area (Å²) in [6.07, 6.45) is 0.170. The van der Waals surface area contributed by atoms with Crippen molar-refractivity contribution < 1.29 is 24.2 Å². The lowest BCUT2D eigenvalue weighted by atomic mass is 10.0. The van der Waals surface area contributed by atoms with Crippen molar-refractivity contribution in [1.29, 1.82) is 0 Å². The molecule has 7 heteroatoms. The molecule has 2 N–H and O–H groups in total. The average Bonchev–Trinajstić information content (AvgIpc) is 3.33. The number of amides is 2. The molecule has 4 rings (SSSR count). The first-order valence-corrected chi connectivity index (χ1v) is 9.26. The van der Waals surface area contributed by atoms with Crippen LogP contribution in [0.1, 0.15) is 23.6 Å². The Bertz CT molecular complexity index is 870. The normalized spacial score (nSPS) is 19.0. The summed E-state index contributed by atoms with van der Waals surface area (Å²) in [6.45, 7) is 0.780. The fraction of sp³-hybridized carbons (Fsp3) is 0.333. The van der Waals surface area contributed by atoms with Crippen molar-refractivity contribution in [1.82, 2.24) is 10.2 Å². The standard InChI is InChI=1S/C21H22N2O5/c24-12-17(15-4-2-1-3-5-15)22-21(26)16-9-20(25)23(11-16)10-14-6-7-18-19(8-14)28-13-27-18/h1-8,16-17,24H,9-13H2,(H,22,26)/t16-,17+/m0/s1. The van der Waals surface area contributed by atoms with Crippen LogP contribution in [0, 0.1) is 5.92 Å². The maximum absolute atomic E-state index is 12.6. The van der Waals surface area contributed by atoms with E-state index in [9.17, 15) is 14.7 Å². The lowest BCUT2D eigenvalue weighted by Gasteiger charge is -2.20. The Balaban J connectivity index is 1.38. The fourth-order valence-electron chi connectivity index (χ4n) is 3.57. The molecule has 7 nitrogen and oxygen atoms in total. The van der Waals surface area contributed by atoms with Gasteiger partial charge in [-0.15, -0.1) is 0 Å². The zero-order valence-electron chi connectivity index (χ0n) is 15.3. The number of carbonyl (C=O) groups is 2. The van der Waals surface area contributed by atoms with Crippen molar-refractivity contribution in [2.24, 2.45) is 5.92 Å². The highest BCUT2D eigenvalue weighted by molar-refractivity contribution is 5.89. The fourth-order valence-corrected chi connectivity index (χ4v) is 3.57. The lowest BCUT2D eigenvalue weighted by molar-refractivity contribution is -0.129. The van der Waals surface area contributed by atoms with E-state index in [2.05, 4.69) is 5.32 Å². The van der Waals surface area contributed by atoms with E-state index in [4.69, 9.17) is 9.47 Å². The van der Waals surface area contributed by atoms with Gasteiger partial charge in [-0.3, -0.25) is 9.59 Å². The molecule has 2 aromatic rings. The zero-order chi connectivity index (χ0) is 19.5. The molecule has 146 valence electrons. The van der Waals surface area contributed by atoms with E-state index in [1.165, 1.54) is 0 Å². The van der Waals surface area contributed by atoms with Crippen LogP contribution in [0.3, 0.4) is 0 Å². The van der Waals surface area contributed by atoms with Crippen molar-refractivity contribution in [3.8, 4) is 11.5 Å². The number of aliphatic hydroxyl groups excluding tert-OH is 1. The van der Waals surface area contributed by atoms with Crippen LogP contribution in [0.25, 0.3) is 0 Å². The average molecular weight is 382 g/mol. The number of hydrogen-bond donors (Lipinski definition) is 2. The molecule has 0 spiro atoms. The van der Waals surface area contributed by atoms with Crippen LogP contribution in [0.15, 0.2) is 48.5 Å². The van der Waals surface area contributed by atoms with E-state index < -0.39 is 12.0 Å². The molecule has 28 heavy (non-hydrogen) atoms. The predicted octanol–water partition coefficient (Wildman–Crippen LogP) is 1.61. The molecule has 2 aromatic carbocycles. The van der Waals surface area contributed by atoms with E-state index in [1.807, 2.05) is 48.5 Å². The molecule has 0 aromatic heterocycles. The molecular formula is C21H22N2O5. The van der Waals surface area contributed by atoms with E-state index in [0.717, 1.165) is 11.1 Å². The molecule has 2 amide bonds. The van der Waals surface area contributed by atoms with E-state index >= 15 is 0 Å². The number of fused-ring (bicyclic) bond motifs is 1. The second kappa shape index (κ2) is 7.90. The molecule has 0 aliphatic carbocycles. The molecule has 2 heterocycles. The van der Waals surface area contributed by atoms with Gasteiger partial charge in [-0.25, -0.2) is 0 Å². The SMILES string of the molecule is O=C(N[C@H](CO)c1ccccc1)[C@H]1CC(=O)N(Cc2ccc3c(c2)OCO3)C1. The number of nitrogens with zero attached hydrogens (tertiary/aromatic N) is 1. The second-order valence-electron chi connectivity index (χ2n) is 7.02. The molecule has 2 aliphatic heterocycles. The number of aliphatic hydroxyl groups is 1. The number of nitrogens with one attached hydrogen (secondary N) is 1. The molecule has 0 saturated carbocycles. The third kappa shape index (κ3) is 3.80. The molecule has 0 radical (unpaired) electrons. The van der Waals surface area contributed by atoms with Crippen molar-refractivity contribution in [2.75, 3.05) is 19.9 Å². The van der Waals surface area contributed by atoms with Crippen LogP contribution in [0.5, 0.6) is 11.5 Å². The number of benzene rings is 2. The maximum atomic E-state index is 12.6. The van der Waals surface area contributed by atoms with Gasteiger partial charge in [0.15, 0.2) is 11.5 Å². The van der Waals surface area contributed by atoms with Gasteiger partial charge < -0.3 is 24.8 Å². The van der Waals surface area contributed by atoms with Crippen LogP contribution >= 0.6 is 0 Å². The van der Waals surface area contributed by atoms with Crippen molar-refractivity contribution in [3.05, 3.63) is 59.7 Å². The van der Waals surface area contributed by atoms with Gasteiger partial charge in [0.25, 0.3) is 0 Å². The highest BCUT2D eigenvalue weighted by Gasteiger charge is 2.35. The number of hydrogen-bond acceptors (Lipinski definition) is 5. The lowest BCUT2D eigenvalue weighted by Crippen LogP contribution is -2.36. The summed E-state index contributed by atoms with van der Waals surface area (Å²) in [6, 6.07) is 14.4. The summed E-state index contributed by atoms with van der Waals surface area (Å²) < 4.78 is 10.7. The first-order chi connectivity index (χ1) is 13.6. The van der Waals surface area contributed by atoms with Gasteiger partial charge in [-0.2, -0.15) is 0 Å². The smallest absolute Gasteiger partial charge is 0.231 e. The number of likely N-dealkylation sites (tertiary alicyclic amines) is 1. The molecule has 1 fully saturated rings. The molecule has 2 atom stereocenters. The number of rotatable bonds is 6. The second-order valence-corrected chi connectivity index (χ2v) is 7.02. The summed E-state index contributed by atoms with van der Waals surface area (Å²) in [5.41, 5.74) is 1.76. The minimum Gasteiger partial charge on any atom is -0.454 e. The van der Waals surface area contributed by atoms with Crippen LogP contribution in [0.4, 0.5) is 0 Å². The highest BCUT2D eigenvalue weighted by atomic mass is 16.7. The van der Waals surface area contributed by atoms with Crippen molar-refractivity contribution >= 4 is 11.8 Å². The van der Waals surface area contributed by atoms with Gasteiger partial charge >= 0.3 is 0 Å². The summed E-state index contributed by atoms with van der Waals surface area (Å²) >= 11 is 0. The number of carbonyl (C=O) groups excluding carboxylic acids is 2. The Kier molecular flexibility index (Phi) is 5.16. The van der Waals surface area contributed by atoms with Crippen LogP contribution in [-0.4, -0.2) is 41.8 Å². The Morgan fingerprint density at radius 2 is 1.96 bits per heavy atom. The maximum Gasteiger partial charge on any atom is 0.231 e. The van der Waals surface area contributed by atoms with Crippen LogP contribution in [0.2, 0.25) is 0 Å². The minimum absolute atomic E-state index is 0.0573. The van der Waals surface area contributed by atoms with Gasteiger partial charge in [0, 0.05) is 19.5 Å². The van der Waals surface area contributed by atoms with Crippen molar-refractivity contribution in [2.45, 2.75) is 19.0 Å². The van der Waals surface area contributed by atoms with Gasteiger partial charge in [0.1, 0.15) is 0 Å². The Hall–Kier alpha value is -3.06. The Morgan fingerprint density at radius 1 is 1.18 bits per heavy atom. The summed E-state index contributed by atoms with van der Waals surface area (Å²) in [4.78, 5) is 26.7. The van der Waals surface area contributed by atoms with Gasteiger partial charge in [-0.05, 0) is 23.3 Å². The molecule has 2 aliphatic rings. The Labute approximate surface area is 162 Å². The molecule has 1 saturated heterocycles. The van der Waals surface area contributed by atoms with Crippen molar-refractivity contribution in [3.63, 3.8) is 0 Å². The summed E-state index contributed by atoms with van der Waals surface area (Å²) in [7, 11) is 0. The summed E-state index contributed by atoms with van der Waals surface area (Å²) in [5, 5.41) is 12.5.